The van der Waals surface area contributed by atoms with E-state index in [2.05, 4.69) is 5.53 Å². The number of carbonyl (C=O) groups excluding carboxylic acids is 1. The summed E-state index contributed by atoms with van der Waals surface area (Å²) in [7, 11) is 5.50. The van der Waals surface area contributed by atoms with Gasteiger partial charge in [0.2, 0.25) is 0 Å². The third kappa shape index (κ3) is 2.80. The van der Waals surface area contributed by atoms with Gasteiger partial charge >= 0.3 is 5.97 Å². The fourth-order valence-electron chi connectivity index (χ4n) is 2.49. The maximum atomic E-state index is 11.5. The lowest BCUT2D eigenvalue weighted by atomic mass is 10.0. The highest BCUT2D eigenvalue weighted by atomic mass is 16.5. The molecule has 1 aromatic rings. The molecule has 1 aliphatic rings. The lowest BCUT2D eigenvalue weighted by molar-refractivity contribution is -0.137. The summed E-state index contributed by atoms with van der Waals surface area (Å²) in [6, 6.07) is 1.92. The van der Waals surface area contributed by atoms with Crippen LogP contribution in [0.1, 0.15) is 18.1 Å². The second-order valence-corrected chi connectivity index (χ2v) is 4.79. The van der Waals surface area contributed by atoms with Crippen molar-refractivity contribution in [3.05, 3.63) is 23.3 Å². The van der Waals surface area contributed by atoms with Crippen molar-refractivity contribution in [1.29, 1.82) is 0 Å². The topological polar surface area (TPSA) is 54.0 Å². The van der Waals surface area contributed by atoms with E-state index in [9.17, 15) is 4.79 Å². The summed E-state index contributed by atoms with van der Waals surface area (Å²) >= 11 is 0. The fraction of sp³-hybridized carbons (Fsp3) is 0.400. The Kier molecular flexibility index (Phi) is 4.37. The Morgan fingerprint density at radius 3 is 2.62 bits per heavy atom. The molecule has 0 aliphatic carbocycles. The third-order valence-electron chi connectivity index (χ3n) is 3.41. The van der Waals surface area contributed by atoms with Gasteiger partial charge in [0.15, 0.2) is 0 Å². The number of methoxy groups -OCH3 is 1. The minimum absolute atomic E-state index is 0.347. The van der Waals surface area contributed by atoms with Crippen molar-refractivity contribution < 1.29 is 14.3 Å². The first kappa shape index (κ1) is 15.2. The van der Waals surface area contributed by atoms with Crippen molar-refractivity contribution in [1.82, 2.24) is 5.53 Å². The van der Waals surface area contributed by atoms with Crippen molar-refractivity contribution in [2.24, 2.45) is 0 Å². The number of nitrogens with zero attached hydrogens (tertiary/aromatic N) is 2. The highest BCUT2D eigenvalue weighted by Gasteiger charge is 2.27. The minimum Gasteiger partial charge on any atom is -0.494 e. The molecule has 0 amide bonds. The largest absolute Gasteiger partial charge is 0.494 e. The first-order valence-electron chi connectivity index (χ1n) is 6.79. The number of benzene rings is 1. The molecule has 0 saturated carbocycles. The van der Waals surface area contributed by atoms with Crippen LogP contribution in [0.4, 0.5) is 11.4 Å². The summed E-state index contributed by atoms with van der Waals surface area (Å²) in [4.78, 5) is 11.5. The molecule has 114 valence electrons. The summed E-state index contributed by atoms with van der Waals surface area (Å²) in [5, 5.41) is 3.83. The second-order valence-electron chi connectivity index (χ2n) is 4.79. The lowest BCUT2D eigenvalue weighted by Crippen LogP contribution is -2.39. The maximum Gasteiger partial charge on any atom is 0.330 e. The van der Waals surface area contributed by atoms with Gasteiger partial charge in [0, 0.05) is 20.2 Å². The van der Waals surface area contributed by atoms with E-state index in [1.807, 2.05) is 37.1 Å². The molecule has 2 rings (SSSR count). The highest BCUT2D eigenvalue weighted by molar-refractivity contribution is 5.90. The Balaban J connectivity index is 2.45. The zero-order valence-electron chi connectivity index (χ0n) is 13.1. The van der Waals surface area contributed by atoms with Crippen LogP contribution in [0.15, 0.2) is 12.1 Å². The van der Waals surface area contributed by atoms with E-state index >= 15 is 0 Å². The molecule has 0 bridgehead atoms. The average molecular weight is 291 g/mol. The van der Waals surface area contributed by atoms with Crippen LogP contribution in [-0.4, -0.2) is 33.8 Å². The molecule has 21 heavy (non-hydrogen) atoms. The molecule has 0 aromatic heterocycles. The predicted octanol–water partition coefficient (Wildman–Crippen LogP) is 1.89. The number of hydrogen-bond acceptors (Lipinski definition) is 6. The van der Waals surface area contributed by atoms with E-state index in [0.717, 1.165) is 28.3 Å². The quantitative estimate of drug-likeness (QED) is 0.675. The Morgan fingerprint density at radius 1 is 1.33 bits per heavy atom. The molecule has 6 heteroatoms. The van der Waals surface area contributed by atoms with Crippen LogP contribution in [0.3, 0.4) is 0 Å². The van der Waals surface area contributed by atoms with Gasteiger partial charge < -0.3 is 9.47 Å². The molecule has 1 heterocycles. The van der Waals surface area contributed by atoms with Crippen molar-refractivity contribution in [2.45, 2.75) is 13.8 Å². The predicted molar refractivity (Wildman–Crippen MR) is 83.3 cm³/mol. The average Bonchev–Trinajstić information content (AvgIpc) is 2.74. The number of hydrogen-bond donors (Lipinski definition) is 1. The van der Waals surface area contributed by atoms with Gasteiger partial charge in [-0.2, -0.15) is 0 Å². The fourth-order valence-corrected chi connectivity index (χ4v) is 2.49. The Hall–Kier alpha value is -2.21. The molecule has 0 saturated heterocycles. The molecule has 1 N–H and O–H groups in total. The van der Waals surface area contributed by atoms with Crippen LogP contribution in [0.2, 0.25) is 0 Å². The smallest absolute Gasteiger partial charge is 0.330 e. The van der Waals surface area contributed by atoms with E-state index in [0.29, 0.717) is 6.61 Å². The summed E-state index contributed by atoms with van der Waals surface area (Å²) in [6.45, 7) is 4.17. The number of esters is 1. The number of carbonyl (C=O) groups is 1. The molecular formula is C15H21N3O3. The normalized spacial score (nSPS) is 13.8. The van der Waals surface area contributed by atoms with Crippen molar-refractivity contribution in [2.75, 3.05) is 37.8 Å². The van der Waals surface area contributed by atoms with Crippen LogP contribution in [0.5, 0.6) is 5.75 Å². The number of rotatable bonds is 4. The summed E-state index contributed by atoms with van der Waals surface area (Å²) in [5.74, 6) is 0.401. The molecular weight excluding hydrogens is 270 g/mol. The van der Waals surface area contributed by atoms with Crippen molar-refractivity contribution in [3.8, 4) is 5.75 Å². The summed E-state index contributed by atoms with van der Waals surface area (Å²) < 4.78 is 10.4. The maximum absolute atomic E-state index is 11.5. The zero-order valence-corrected chi connectivity index (χ0v) is 13.1. The van der Waals surface area contributed by atoms with Crippen LogP contribution < -0.4 is 20.3 Å². The monoisotopic (exact) mass is 291 g/mol. The van der Waals surface area contributed by atoms with Gasteiger partial charge in [0.1, 0.15) is 11.4 Å². The van der Waals surface area contributed by atoms with E-state index < -0.39 is 0 Å². The van der Waals surface area contributed by atoms with Gasteiger partial charge in [-0.25, -0.2) is 4.79 Å². The van der Waals surface area contributed by atoms with Crippen LogP contribution in [0.25, 0.3) is 6.08 Å². The standard InChI is InChI=1S/C15H21N3O3/c1-6-21-13(19)8-7-11-9-12(20-5)15-14(10(11)2)17(3)16-18(15)4/h7-9,16H,6H2,1-5H3/b8-7+. The number of fused-ring (bicyclic) bond motifs is 1. The second kappa shape index (κ2) is 6.05. The Bertz CT molecular complexity index is 584. The SMILES string of the molecule is CCOC(=O)/C=C/c1cc(OC)c2c(c1C)N(C)NN2C. The van der Waals surface area contributed by atoms with Gasteiger partial charge in [-0.1, -0.05) is 0 Å². The van der Waals surface area contributed by atoms with Gasteiger partial charge in [0.05, 0.1) is 19.4 Å². The van der Waals surface area contributed by atoms with E-state index in [1.54, 1.807) is 20.1 Å². The Labute approximate surface area is 124 Å². The number of anilines is 2. The van der Waals surface area contributed by atoms with Crippen molar-refractivity contribution >= 4 is 23.4 Å². The van der Waals surface area contributed by atoms with Crippen LogP contribution >= 0.6 is 0 Å². The molecule has 0 unspecified atom stereocenters. The van der Waals surface area contributed by atoms with Crippen LogP contribution in [-0.2, 0) is 9.53 Å². The number of nitrogens with one attached hydrogen (secondary N) is 1. The van der Waals surface area contributed by atoms with E-state index in [-0.39, 0.29) is 5.97 Å². The van der Waals surface area contributed by atoms with Gasteiger partial charge in [-0.05, 0) is 37.1 Å². The molecule has 6 nitrogen and oxygen atoms in total. The van der Waals surface area contributed by atoms with Gasteiger partial charge in [0.25, 0.3) is 0 Å². The first-order chi connectivity index (χ1) is 9.99. The zero-order chi connectivity index (χ0) is 15.6. The molecule has 1 aromatic carbocycles. The highest BCUT2D eigenvalue weighted by Crippen LogP contribution is 2.44. The van der Waals surface area contributed by atoms with Crippen LogP contribution in [0, 0.1) is 6.92 Å². The molecule has 0 radical (unpaired) electrons. The third-order valence-corrected chi connectivity index (χ3v) is 3.41. The lowest BCUT2D eigenvalue weighted by Gasteiger charge is -2.15. The Morgan fingerprint density at radius 2 is 2.00 bits per heavy atom. The molecule has 0 fully saturated rings. The number of ether oxygens (including phenoxy) is 2. The summed E-state index contributed by atoms with van der Waals surface area (Å²) in [6.07, 6.45) is 3.19. The summed E-state index contributed by atoms with van der Waals surface area (Å²) in [5.41, 5.74) is 7.17. The van der Waals surface area contributed by atoms with Gasteiger partial charge in [-0.15, -0.1) is 5.53 Å². The van der Waals surface area contributed by atoms with Crippen molar-refractivity contribution in [3.63, 3.8) is 0 Å². The molecule has 0 atom stereocenters. The number of hydrazine groups is 2. The minimum atomic E-state index is -0.347. The van der Waals surface area contributed by atoms with E-state index in [1.165, 1.54) is 6.08 Å². The molecule has 1 aliphatic heterocycles. The molecule has 0 spiro atoms. The van der Waals surface area contributed by atoms with Gasteiger partial charge in [-0.3, -0.25) is 10.0 Å². The van der Waals surface area contributed by atoms with E-state index in [4.69, 9.17) is 9.47 Å². The first-order valence-corrected chi connectivity index (χ1v) is 6.79.